The zero-order chi connectivity index (χ0) is 14.3. The van der Waals surface area contributed by atoms with E-state index in [0.717, 1.165) is 25.7 Å². The van der Waals surface area contributed by atoms with Gasteiger partial charge in [0.15, 0.2) is 5.03 Å². The van der Waals surface area contributed by atoms with Crippen molar-refractivity contribution in [2.45, 2.75) is 43.2 Å². The van der Waals surface area contributed by atoms with E-state index in [-0.39, 0.29) is 5.03 Å². The molecule has 0 spiro atoms. The average Bonchev–Trinajstić information content (AvgIpc) is 2.97. The van der Waals surface area contributed by atoms with Gasteiger partial charge in [-0.25, -0.2) is 13.4 Å². The van der Waals surface area contributed by atoms with Crippen molar-refractivity contribution in [1.29, 1.82) is 0 Å². The third-order valence-corrected chi connectivity index (χ3v) is 6.13. The lowest BCUT2D eigenvalue weighted by molar-refractivity contribution is 0.230. The number of imidazole rings is 1. The van der Waals surface area contributed by atoms with Gasteiger partial charge in [-0.2, -0.15) is 4.31 Å². The topological polar surface area (TPSA) is 81.2 Å². The van der Waals surface area contributed by atoms with Gasteiger partial charge in [-0.15, -0.1) is 0 Å². The molecule has 0 aromatic carbocycles. The Balaban J connectivity index is 2.38. The van der Waals surface area contributed by atoms with Gasteiger partial charge in [0.05, 0.1) is 0 Å². The van der Waals surface area contributed by atoms with Gasteiger partial charge in [-0.1, -0.05) is 12.8 Å². The van der Waals surface area contributed by atoms with Crippen LogP contribution in [0.2, 0.25) is 0 Å². The number of aromatic nitrogens is 2. The number of rotatable bonds is 4. The Morgan fingerprint density at radius 1 is 1.47 bits per heavy atom. The van der Waals surface area contributed by atoms with Crippen LogP contribution in [0.1, 0.15) is 31.5 Å². The van der Waals surface area contributed by atoms with E-state index in [9.17, 15) is 8.42 Å². The molecule has 1 aliphatic carbocycles. The molecule has 0 radical (unpaired) electrons. The molecule has 2 N–H and O–H groups in total. The molecular weight excluding hydrogens is 264 g/mol. The highest BCUT2D eigenvalue weighted by molar-refractivity contribution is 7.89. The number of sulfonamides is 1. The molecule has 1 aromatic rings. The van der Waals surface area contributed by atoms with Crippen molar-refractivity contribution < 1.29 is 8.42 Å². The number of likely N-dealkylation sites (N-methyl/N-ethyl adjacent to an activating group) is 1. The van der Waals surface area contributed by atoms with E-state index in [1.807, 2.05) is 0 Å². The van der Waals surface area contributed by atoms with Crippen LogP contribution in [0, 0.1) is 6.92 Å². The predicted molar refractivity (Wildman–Crippen MR) is 73.1 cm³/mol. The first-order valence-electron chi connectivity index (χ1n) is 6.52. The van der Waals surface area contributed by atoms with E-state index < -0.39 is 15.6 Å². The maximum absolute atomic E-state index is 12.6. The van der Waals surface area contributed by atoms with Crippen LogP contribution in [-0.2, 0) is 17.1 Å². The minimum absolute atomic E-state index is 0.106. The highest BCUT2D eigenvalue weighted by Crippen LogP contribution is 2.36. The molecule has 108 valence electrons. The summed E-state index contributed by atoms with van der Waals surface area (Å²) in [6.45, 7) is 2.14. The zero-order valence-corrected chi connectivity index (χ0v) is 12.6. The molecule has 0 atom stereocenters. The van der Waals surface area contributed by atoms with Crippen molar-refractivity contribution in [1.82, 2.24) is 13.9 Å². The van der Waals surface area contributed by atoms with Gasteiger partial charge in [-0.3, -0.25) is 0 Å². The average molecular weight is 286 g/mol. The van der Waals surface area contributed by atoms with Crippen molar-refractivity contribution in [2.24, 2.45) is 12.8 Å². The summed E-state index contributed by atoms with van der Waals surface area (Å²) in [5.74, 6) is 0.681. The first-order valence-corrected chi connectivity index (χ1v) is 7.96. The molecule has 1 fully saturated rings. The Hall–Kier alpha value is -0.920. The number of nitrogens with two attached hydrogens (primary N) is 1. The van der Waals surface area contributed by atoms with E-state index in [1.165, 1.54) is 4.31 Å². The quantitative estimate of drug-likeness (QED) is 0.880. The molecule has 0 aliphatic heterocycles. The summed E-state index contributed by atoms with van der Waals surface area (Å²) >= 11 is 0. The molecule has 1 aromatic heterocycles. The summed E-state index contributed by atoms with van der Waals surface area (Å²) in [6, 6.07) is 0. The van der Waals surface area contributed by atoms with E-state index >= 15 is 0 Å². The molecule has 7 heteroatoms. The summed E-state index contributed by atoms with van der Waals surface area (Å²) in [7, 11) is -0.163. The maximum atomic E-state index is 12.6. The second kappa shape index (κ2) is 4.88. The van der Waals surface area contributed by atoms with Crippen molar-refractivity contribution in [3.63, 3.8) is 0 Å². The van der Waals surface area contributed by atoms with Gasteiger partial charge >= 0.3 is 0 Å². The van der Waals surface area contributed by atoms with Crippen molar-refractivity contribution in [3.8, 4) is 0 Å². The Kier molecular flexibility index (Phi) is 3.72. The van der Waals surface area contributed by atoms with Crippen molar-refractivity contribution in [2.75, 3.05) is 13.6 Å². The number of nitrogens with zero attached hydrogens (tertiary/aromatic N) is 3. The van der Waals surface area contributed by atoms with Gasteiger partial charge in [0.1, 0.15) is 5.82 Å². The van der Waals surface area contributed by atoms with E-state index in [2.05, 4.69) is 4.98 Å². The van der Waals surface area contributed by atoms with Gasteiger partial charge in [0.2, 0.25) is 0 Å². The summed E-state index contributed by atoms with van der Waals surface area (Å²) in [5, 5.41) is 0.106. The molecule has 19 heavy (non-hydrogen) atoms. The molecular formula is C12H22N4O2S. The molecule has 2 rings (SSSR count). The number of hydrogen-bond donors (Lipinski definition) is 1. The van der Waals surface area contributed by atoms with Crippen LogP contribution in [0.4, 0.5) is 0 Å². The van der Waals surface area contributed by atoms with Gasteiger partial charge in [0, 0.05) is 32.4 Å². The third kappa shape index (κ3) is 2.30. The molecule has 0 saturated heterocycles. The van der Waals surface area contributed by atoms with Crippen molar-refractivity contribution in [3.05, 3.63) is 12.0 Å². The Labute approximate surface area is 114 Å². The minimum atomic E-state index is -3.57. The largest absolute Gasteiger partial charge is 0.337 e. The molecule has 6 nitrogen and oxygen atoms in total. The van der Waals surface area contributed by atoms with Crippen LogP contribution >= 0.6 is 0 Å². The van der Waals surface area contributed by atoms with Gasteiger partial charge < -0.3 is 10.3 Å². The van der Waals surface area contributed by atoms with Crippen molar-refractivity contribution >= 4 is 10.0 Å². The minimum Gasteiger partial charge on any atom is -0.337 e. The monoisotopic (exact) mass is 286 g/mol. The van der Waals surface area contributed by atoms with Crippen LogP contribution in [0.15, 0.2) is 11.2 Å². The SMILES string of the molecule is Cc1nc(S(=O)(=O)N(C)C2(CN)CCCC2)cn1C. The second-order valence-electron chi connectivity index (χ2n) is 5.35. The first kappa shape index (κ1) is 14.5. The Morgan fingerprint density at radius 2 is 2.05 bits per heavy atom. The van der Waals surface area contributed by atoms with Crippen LogP contribution in [0.3, 0.4) is 0 Å². The van der Waals surface area contributed by atoms with Crippen LogP contribution in [-0.4, -0.2) is 41.4 Å². The fraction of sp³-hybridized carbons (Fsp3) is 0.750. The van der Waals surface area contributed by atoms with E-state index in [1.54, 1.807) is 31.8 Å². The number of hydrogen-bond acceptors (Lipinski definition) is 4. The normalized spacial score (nSPS) is 19.2. The zero-order valence-electron chi connectivity index (χ0n) is 11.8. The smallest absolute Gasteiger partial charge is 0.262 e. The molecule has 0 amide bonds. The molecule has 1 aliphatic rings. The fourth-order valence-electron chi connectivity index (χ4n) is 2.73. The highest BCUT2D eigenvalue weighted by atomic mass is 32.2. The summed E-state index contributed by atoms with van der Waals surface area (Å²) in [4.78, 5) is 4.13. The standard InChI is InChI=1S/C12H22N4O2S/c1-10-14-11(8-15(10)2)19(17,18)16(3)12(9-13)6-4-5-7-12/h8H,4-7,9,13H2,1-3H3. The Morgan fingerprint density at radius 3 is 2.47 bits per heavy atom. The summed E-state index contributed by atoms with van der Waals surface area (Å²) in [6.07, 6.45) is 5.26. The molecule has 1 heterocycles. The van der Waals surface area contributed by atoms with Crippen LogP contribution < -0.4 is 5.73 Å². The summed E-state index contributed by atoms with van der Waals surface area (Å²) < 4.78 is 28.4. The highest BCUT2D eigenvalue weighted by Gasteiger charge is 2.43. The molecule has 1 saturated carbocycles. The van der Waals surface area contributed by atoms with Crippen LogP contribution in [0.25, 0.3) is 0 Å². The first-order chi connectivity index (χ1) is 8.83. The number of aryl methyl sites for hydroxylation is 2. The van der Waals surface area contributed by atoms with E-state index in [4.69, 9.17) is 5.73 Å². The molecule has 0 bridgehead atoms. The lowest BCUT2D eigenvalue weighted by Gasteiger charge is -2.36. The maximum Gasteiger partial charge on any atom is 0.262 e. The third-order valence-electron chi connectivity index (χ3n) is 4.29. The van der Waals surface area contributed by atoms with Crippen LogP contribution in [0.5, 0.6) is 0 Å². The van der Waals surface area contributed by atoms with E-state index in [0.29, 0.717) is 12.4 Å². The lowest BCUT2D eigenvalue weighted by atomic mass is 9.98. The fourth-order valence-corrected chi connectivity index (χ4v) is 4.31. The summed E-state index contributed by atoms with van der Waals surface area (Å²) in [5.41, 5.74) is 5.41. The van der Waals surface area contributed by atoms with Gasteiger partial charge in [-0.05, 0) is 19.8 Å². The predicted octanol–water partition coefficient (Wildman–Crippen LogP) is 0.621. The second-order valence-corrected chi connectivity index (χ2v) is 7.26. The van der Waals surface area contributed by atoms with Gasteiger partial charge in [0.25, 0.3) is 10.0 Å². The Bertz CT molecular complexity index is 539. The lowest BCUT2D eigenvalue weighted by Crippen LogP contribution is -2.52. The molecule has 0 unspecified atom stereocenters.